The van der Waals surface area contributed by atoms with Gasteiger partial charge in [-0.2, -0.15) is 0 Å². The van der Waals surface area contributed by atoms with Crippen molar-refractivity contribution in [3.63, 3.8) is 0 Å². The molecule has 1 unspecified atom stereocenters. The number of carbonyl (C=O) groups is 1. The Balaban J connectivity index is 1.78. The summed E-state index contributed by atoms with van der Waals surface area (Å²) in [4.78, 5) is 21.1. The van der Waals surface area contributed by atoms with Crippen LogP contribution >= 0.6 is 11.3 Å². The second kappa shape index (κ2) is 7.33. The molecule has 5 nitrogen and oxygen atoms in total. The van der Waals surface area contributed by atoms with E-state index in [9.17, 15) is 4.79 Å². The minimum atomic E-state index is -0.0120. The molecule has 1 N–H and O–H groups in total. The first kappa shape index (κ1) is 16.4. The highest BCUT2D eigenvalue weighted by Gasteiger charge is 2.22. The summed E-state index contributed by atoms with van der Waals surface area (Å²) in [6.07, 6.45) is 2.28. The fourth-order valence-electron chi connectivity index (χ4n) is 2.71. The van der Waals surface area contributed by atoms with Gasteiger partial charge in [0.25, 0.3) is 0 Å². The van der Waals surface area contributed by atoms with Crippen LogP contribution in [0.15, 0.2) is 5.38 Å². The van der Waals surface area contributed by atoms with Gasteiger partial charge in [0.2, 0.25) is 5.91 Å². The zero-order chi connectivity index (χ0) is 15.4. The Morgan fingerprint density at radius 3 is 2.81 bits per heavy atom. The molecule has 0 saturated carbocycles. The van der Waals surface area contributed by atoms with Crippen LogP contribution in [0.3, 0.4) is 0 Å². The summed E-state index contributed by atoms with van der Waals surface area (Å²) in [6, 6.07) is 0.506. The average molecular weight is 310 g/mol. The number of nitrogens with zero attached hydrogens (tertiary/aromatic N) is 3. The molecule has 1 atom stereocenters. The fourth-order valence-corrected chi connectivity index (χ4v) is 3.52. The number of aromatic nitrogens is 1. The molecule has 0 spiro atoms. The molecular weight excluding hydrogens is 284 g/mol. The largest absolute Gasteiger partial charge is 0.346 e. The van der Waals surface area contributed by atoms with Gasteiger partial charge >= 0.3 is 0 Å². The Morgan fingerprint density at radius 2 is 2.24 bits per heavy atom. The molecule has 0 aliphatic carbocycles. The third-order valence-corrected chi connectivity index (χ3v) is 5.23. The third kappa shape index (κ3) is 4.76. The molecule has 1 aliphatic rings. The number of piperidine rings is 1. The Hall–Kier alpha value is -0.980. The first-order valence-electron chi connectivity index (χ1n) is 7.56. The van der Waals surface area contributed by atoms with E-state index in [0.29, 0.717) is 12.6 Å². The van der Waals surface area contributed by atoms with Crippen LogP contribution in [-0.2, 0) is 4.79 Å². The fraction of sp³-hybridized carbons (Fsp3) is 0.733. The standard InChI is InChI=1S/C15H26N4OS/c1-11-10-21-15(16-11)12(2)17-14(20)9-19(4)13-5-7-18(3)8-6-13/h10,12-13H,5-9H2,1-4H3,(H,17,20). The van der Waals surface area contributed by atoms with Crippen LogP contribution in [0.2, 0.25) is 0 Å². The van der Waals surface area contributed by atoms with Crippen LogP contribution in [0.1, 0.15) is 36.5 Å². The van der Waals surface area contributed by atoms with Crippen molar-refractivity contribution in [2.75, 3.05) is 33.7 Å². The van der Waals surface area contributed by atoms with Crippen LogP contribution < -0.4 is 5.32 Å². The van der Waals surface area contributed by atoms with Gasteiger partial charge in [0.1, 0.15) is 5.01 Å². The quantitative estimate of drug-likeness (QED) is 0.898. The highest BCUT2D eigenvalue weighted by molar-refractivity contribution is 7.09. The van der Waals surface area contributed by atoms with E-state index in [0.717, 1.165) is 36.6 Å². The maximum atomic E-state index is 12.2. The van der Waals surface area contributed by atoms with E-state index in [1.807, 2.05) is 26.3 Å². The number of likely N-dealkylation sites (tertiary alicyclic amines) is 1. The van der Waals surface area contributed by atoms with Gasteiger partial charge in [-0.1, -0.05) is 0 Å². The van der Waals surface area contributed by atoms with Gasteiger partial charge in [-0.15, -0.1) is 11.3 Å². The zero-order valence-corrected chi connectivity index (χ0v) is 14.2. The second-order valence-electron chi connectivity index (χ2n) is 6.07. The van der Waals surface area contributed by atoms with Crippen molar-refractivity contribution >= 4 is 17.2 Å². The Morgan fingerprint density at radius 1 is 1.57 bits per heavy atom. The van der Waals surface area contributed by atoms with E-state index in [2.05, 4.69) is 27.1 Å². The summed E-state index contributed by atoms with van der Waals surface area (Å²) in [5.41, 5.74) is 1.01. The summed E-state index contributed by atoms with van der Waals surface area (Å²) >= 11 is 1.60. The summed E-state index contributed by atoms with van der Waals surface area (Å²) < 4.78 is 0. The number of likely N-dealkylation sites (N-methyl/N-ethyl adjacent to an activating group) is 1. The average Bonchev–Trinajstić information content (AvgIpc) is 2.86. The van der Waals surface area contributed by atoms with E-state index in [1.54, 1.807) is 11.3 Å². The maximum Gasteiger partial charge on any atom is 0.234 e. The first-order valence-corrected chi connectivity index (χ1v) is 8.44. The number of hydrogen-bond donors (Lipinski definition) is 1. The van der Waals surface area contributed by atoms with Crippen LogP contribution in [0.4, 0.5) is 0 Å². The van der Waals surface area contributed by atoms with Gasteiger partial charge < -0.3 is 10.2 Å². The predicted octanol–water partition coefficient (Wildman–Crippen LogP) is 1.65. The molecule has 118 valence electrons. The lowest BCUT2D eigenvalue weighted by molar-refractivity contribution is -0.123. The van der Waals surface area contributed by atoms with Crippen LogP contribution in [0, 0.1) is 6.92 Å². The number of nitrogens with one attached hydrogen (secondary N) is 1. The van der Waals surface area contributed by atoms with Crippen LogP contribution in [0.25, 0.3) is 0 Å². The molecule has 6 heteroatoms. The summed E-state index contributed by atoms with van der Waals surface area (Å²) in [5.74, 6) is 0.0804. The Kier molecular flexibility index (Phi) is 5.72. The molecule has 0 radical (unpaired) electrons. The van der Waals surface area contributed by atoms with Crippen molar-refractivity contribution in [1.82, 2.24) is 20.1 Å². The number of carbonyl (C=O) groups excluding carboxylic acids is 1. The van der Waals surface area contributed by atoms with Crippen molar-refractivity contribution in [2.45, 2.75) is 38.8 Å². The predicted molar refractivity (Wildman–Crippen MR) is 86.6 cm³/mol. The van der Waals surface area contributed by atoms with Crippen molar-refractivity contribution < 1.29 is 4.79 Å². The normalized spacial score (nSPS) is 18.9. The molecular formula is C15H26N4OS. The van der Waals surface area contributed by atoms with Gasteiger partial charge in [-0.3, -0.25) is 9.69 Å². The molecule has 1 aromatic heterocycles. The van der Waals surface area contributed by atoms with E-state index in [1.165, 1.54) is 0 Å². The van der Waals surface area contributed by atoms with E-state index >= 15 is 0 Å². The van der Waals surface area contributed by atoms with Crippen molar-refractivity contribution in [3.05, 3.63) is 16.1 Å². The molecule has 1 fully saturated rings. The molecule has 21 heavy (non-hydrogen) atoms. The molecule has 2 rings (SSSR count). The minimum absolute atomic E-state index is 0.0120. The topological polar surface area (TPSA) is 48.5 Å². The van der Waals surface area contributed by atoms with Crippen molar-refractivity contribution in [2.24, 2.45) is 0 Å². The highest BCUT2D eigenvalue weighted by atomic mass is 32.1. The van der Waals surface area contributed by atoms with Gasteiger partial charge in [-0.25, -0.2) is 4.98 Å². The first-order chi connectivity index (χ1) is 9.95. The molecule has 0 aromatic carbocycles. The number of thiazole rings is 1. The summed E-state index contributed by atoms with van der Waals surface area (Å²) in [5, 5.41) is 6.04. The van der Waals surface area contributed by atoms with Crippen molar-refractivity contribution in [3.8, 4) is 0 Å². The Labute approximate surface area is 131 Å². The summed E-state index contributed by atoms with van der Waals surface area (Å²) in [6.45, 7) is 6.66. The van der Waals surface area contributed by atoms with Crippen molar-refractivity contribution in [1.29, 1.82) is 0 Å². The number of amides is 1. The Bertz CT molecular complexity index is 468. The van der Waals surface area contributed by atoms with Crippen LogP contribution in [0.5, 0.6) is 0 Å². The van der Waals surface area contributed by atoms with Gasteiger partial charge in [0, 0.05) is 17.1 Å². The lowest BCUT2D eigenvalue weighted by Gasteiger charge is -2.34. The smallest absolute Gasteiger partial charge is 0.234 e. The number of hydrogen-bond acceptors (Lipinski definition) is 5. The summed E-state index contributed by atoms with van der Waals surface area (Å²) in [7, 11) is 4.20. The van der Waals surface area contributed by atoms with E-state index in [-0.39, 0.29) is 11.9 Å². The maximum absolute atomic E-state index is 12.2. The molecule has 0 bridgehead atoms. The highest BCUT2D eigenvalue weighted by Crippen LogP contribution is 2.18. The second-order valence-corrected chi connectivity index (χ2v) is 6.96. The zero-order valence-electron chi connectivity index (χ0n) is 13.4. The number of rotatable bonds is 5. The lowest BCUT2D eigenvalue weighted by Crippen LogP contribution is -2.46. The lowest BCUT2D eigenvalue weighted by atomic mass is 10.0. The molecule has 1 aromatic rings. The molecule has 1 amide bonds. The van der Waals surface area contributed by atoms with Gasteiger partial charge in [0.15, 0.2) is 0 Å². The molecule has 2 heterocycles. The van der Waals surface area contributed by atoms with E-state index < -0.39 is 0 Å². The molecule has 1 aliphatic heterocycles. The third-order valence-electron chi connectivity index (χ3n) is 4.09. The SMILES string of the molecule is Cc1csc(C(C)NC(=O)CN(C)C2CCN(C)CC2)n1. The van der Waals surface area contributed by atoms with Gasteiger partial charge in [-0.05, 0) is 53.9 Å². The molecule has 1 saturated heterocycles. The minimum Gasteiger partial charge on any atom is -0.346 e. The monoisotopic (exact) mass is 310 g/mol. The van der Waals surface area contributed by atoms with E-state index in [4.69, 9.17) is 0 Å². The number of aryl methyl sites for hydroxylation is 1. The van der Waals surface area contributed by atoms with Gasteiger partial charge in [0.05, 0.1) is 12.6 Å². The van der Waals surface area contributed by atoms with Crippen LogP contribution in [-0.4, -0.2) is 60.5 Å².